The van der Waals surface area contributed by atoms with E-state index >= 15 is 0 Å². The van der Waals surface area contributed by atoms with Gasteiger partial charge in [-0.1, -0.05) is 37.1 Å². The summed E-state index contributed by atoms with van der Waals surface area (Å²) in [6.07, 6.45) is 3.35. The summed E-state index contributed by atoms with van der Waals surface area (Å²) in [4.78, 5) is 39.9. The second-order valence-corrected chi connectivity index (χ2v) is 8.74. The number of rotatable bonds is 7. The van der Waals surface area contributed by atoms with Crippen LogP contribution >= 0.6 is 0 Å². The molecule has 1 aliphatic carbocycles. The van der Waals surface area contributed by atoms with E-state index in [9.17, 15) is 18.8 Å². The van der Waals surface area contributed by atoms with Gasteiger partial charge < -0.3 is 15.4 Å². The number of carbonyl (C=O) groups excluding carboxylic acids is 3. The summed E-state index contributed by atoms with van der Waals surface area (Å²) in [6, 6.07) is 11.4. The predicted octanol–water partition coefficient (Wildman–Crippen LogP) is 3.49. The van der Waals surface area contributed by atoms with Gasteiger partial charge in [-0.2, -0.15) is 0 Å². The fourth-order valence-corrected chi connectivity index (χ4v) is 4.66. The highest BCUT2D eigenvalue weighted by Crippen LogP contribution is 2.36. The van der Waals surface area contributed by atoms with Gasteiger partial charge in [-0.25, -0.2) is 14.1 Å². The Morgan fingerprint density at radius 3 is 2.36 bits per heavy atom. The lowest BCUT2D eigenvalue weighted by atomic mass is 9.97. The molecule has 33 heavy (non-hydrogen) atoms. The van der Waals surface area contributed by atoms with Crippen molar-refractivity contribution < 1.29 is 23.5 Å². The minimum atomic E-state index is -0.966. The van der Waals surface area contributed by atoms with Gasteiger partial charge in [0, 0.05) is 0 Å². The summed E-state index contributed by atoms with van der Waals surface area (Å²) in [5, 5.41) is 5.80. The van der Waals surface area contributed by atoms with E-state index in [-0.39, 0.29) is 11.7 Å². The third kappa shape index (κ3) is 4.55. The van der Waals surface area contributed by atoms with E-state index in [2.05, 4.69) is 10.6 Å². The van der Waals surface area contributed by atoms with Crippen LogP contribution in [-0.2, 0) is 16.0 Å². The van der Waals surface area contributed by atoms with Gasteiger partial charge in [0.15, 0.2) is 0 Å². The summed E-state index contributed by atoms with van der Waals surface area (Å²) in [7, 11) is 1.57. The number of amides is 4. The van der Waals surface area contributed by atoms with E-state index in [1.807, 2.05) is 12.1 Å². The molecule has 1 saturated heterocycles. The van der Waals surface area contributed by atoms with Gasteiger partial charge in [0.1, 0.15) is 23.1 Å². The van der Waals surface area contributed by atoms with Crippen molar-refractivity contribution in [1.29, 1.82) is 0 Å². The topological polar surface area (TPSA) is 87.7 Å². The normalized spacial score (nSPS) is 18.8. The SMILES string of the molecule is COc1ccc(C(Cc2ccc(F)cc2)NC(=O)C(C)N2C(=O)NC3(CCCC3)C2=O)cc1. The standard InChI is InChI=1S/C25H28FN3O4/c1-16(29-23(31)25(28-24(29)32)13-3-4-14-25)22(30)27-21(15-17-5-9-19(26)10-6-17)18-7-11-20(33-2)12-8-18/h5-12,16,21H,3-4,13-15H2,1-2H3,(H,27,30)(H,28,32). The van der Waals surface area contributed by atoms with E-state index in [4.69, 9.17) is 4.74 Å². The molecule has 0 radical (unpaired) electrons. The van der Waals surface area contributed by atoms with Crippen LogP contribution in [0.1, 0.15) is 49.8 Å². The van der Waals surface area contributed by atoms with Crippen LogP contribution in [0.3, 0.4) is 0 Å². The first-order valence-electron chi connectivity index (χ1n) is 11.2. The molecule has 2 atom stereocenters. The molecule has 1 aliphatic heterocycles. The van der Waals surface area contributed by atoms with E-state index in [0.29, 0.717) is 25.0 Å². The maximum Gasteiger partial charge on any atom is 0.325 e. The third-order valence-electron chi connectivity index (χ3n) is 6.60. The number of nitrogens with one attached hydrogen (secondary N) is 2. The summed E-state index contributed by atoms with van der Waals surface area (Å²) < 4.78 is 18.6. The number of nitrogens with zero attached hydrogens (tertiary/aromatic N) is 1. The largest absolute Gasteiger partial charge is 0.497 e. The number of hydrogen-bond acceptors (Lipinski definition) is 4. The molecule has 1 saturated carbocycles. The van der Waals surface area contributed by atoms with E-state index in [1.54, 1.807) is 38.3 Å². The third-order valence-corrected chi connectivity index (χ3v) is 6.60. The van der Waals surface area contributed by atoms with Crippen molar-refractivity contribution in [2.75, 3.05) is 7.11 Å². The fraction of sp³-hybridized carbons (Fsp3) is 0.400. The first kappa shape index (κ1) is 22.8. The molecule has 1 heterocycles. The van der Waals surface area contributed by atoms with Crippen molar-refractivity contribution in [1.82, 2.24) is 15.5 Å². The first-order valence-corrected chi connectivity index (χ1v) is 11.2. The number of urea groups is 1. The van der Waals surface area contributed by atoms with Crippen molar-refractivity contribution >= 4 is 17.8 Å². The Labute approximate surface area is 192 Å². The maximum atomic E-state index is 13.4. The Balaban J connectivity index is 1.54. The van der Waals surface area contributed by atoms with Crippen LogP contribution in [0, 0.1) is 5.82 Å². The Bertz CT molecular complexity index is 1030. The van der Waals surface area contributed by atoms with Gasteiger partial charge in [0.05, 0.1) is 13.2 Å². The van der Waals surface area contributed by atoms with Crippen molar-refractivity contribution in [3.63, 3.8) is 0 Å². The van der Waals surface area contributed by atoms with E-state index in [1.165, 1.54) is 12.1 Å². The molecule has 0 aromatic heterocycles. The number of ether oxygens (including phenoxy) is 1. The summed E-state index contributed by atoms with van der Waals surface area (Å²) in [5.41, 5.74) is 0.796. The van der Waals surface area contributed by atoms with Crippen LogP contribution < -0.4 is 15.4 Å². The first-order chi connectivity index (χ1) is 15.8. The Kier molecular flexibility index (Phi) is 6.35. The molecule has 2 aromatic carbocycles. The predicted molar refractivity (Wildman–Crippen MR) is 120 cm³/mol. The number of imide groups is 1. The molecule has 8 heteroatoms. The molecule has 0 bridgehead atoms. The van der Waals surface area contributed by atoms with Crippen molar-refractivity contribution in [3.8, 4) is 5.75 Å². The molecule has 4 rings (SSSR count). The smallest absolute Gasteiger partial charge is 0.325 e. The Hall–Kier alpha value is -3.42. The zero-order valence-electron chi connectivity index (χ0n) is 18.8. The van der Waals surface area contributed by atoms with Crippen LogP contribution in [0.2, 0.25) is 0 Å². The molecule has 2 fully saturated rings. The zero-order chi connectivity index (χ0) is 23.6. The van der Waals surface area contributed by atoms with Crippen LogP contribution in [0.25, 0.3) is 0 Å². The Morgan fingerprint density at radius 2 is 1.76 bits per heavy atom. The summed E-state index contributed by atoms with van der Waals surface area (Å²) in [6.45, 7) is 1.56. The van der Waals surface area contributed by atoms with Gasteiger partial charge in [-0.05, 0) is 61.6 Å². The molecule has 2 aliphatic rings. The van der Waals surface area contributed by atoms with Gasteiger partial charge in [0.25, 0.3) is 5.91 Å². The van der Waals surface area contributed by atoms with Gasteiger partial charge in [-0.15, -0.1) is 0 Å². The van der Waals surface area contributed by atoms with Crippen LogP contribution in [0.4, 0.5) is 9.18 Å². The molecular weight excluding hydrogens is 425 g/mol. The summed E-state index contributed by atoms with van der Waals surface area (Å²) in [5.74, 6) is -0.416. The molecule has 2 N–H and O–H groups in total. The maximum absolute atomic E-state index is 13.4. The van der Waals surface area contributed by atoms with Crippen LogP contribution in [-0.4, -0.2) is 41.4 Å². The van der Waals surface area contributed by atoms with Gasteiger partial charge in [0.2, 0.25) is 5.91 Å². The second kappa shape index (κ2) is 9.21. The fourth-order valence-electron chi connectivity index (χ4n) is 4.66. The lowest BCUT2D eigenvalue weighted by Crippen LogP contribution is -2.50. The zero-order valence-corrected chi connectivity index (χ0v) is 18.8. The molecule has 174 valence electrons. The van der Waals surface area contributed by atoms with Crippen molar-refractivity contribution in [2.24, 2.45) is 0 Å². The number of benzene rings is 2. The lowest BCUT2D eigenvalue weighted by Gasteiger charge is -2.26. The van der Waals surface area contributed by atoms with Crippen LogP contribution in [0.5, 0.6) is 5.75 Å². The molecule has 1 spiro atoms. The average Bonchev–Trinajstić information content (AvgIpc) is 3.38. The highest BCUT2D eigenvalue weighted by Gasteiger charge is 2.54. The average molecular weight is 454 g/mol. The molecule has 4 amide bonds. The van der Waals surface area contributed by atoms with Gasteiger partial charge in [-0.3, -0.25) is 9.59 Å². The molecule has 7 nitrogen and oxygen atoms in total. The monoisotopic (exact) mass is 453 g/mol. The molecular formula is C25H28FN3O4. The minimum Gasteiger partial charge on any atom is -0.497 e. The lowest BCUT2D eigenvalue weighted by molar-refractivity contribution is -0.138. The van der Waals surface area contributed by atoms with Crippen molar-refractivity contribution in [3.05, 3.63) is 65.5 Å². The second-order valence-electron chi connectivity index (χ2n) is 8.74. The van der Waals surface area contributed by atoms with E-state index in [0.717, 1.165) is 28.9 Å². The highest BCUT2D eigenvalue weighted by molar-refractivity contribution is 6.10. The van der Waals surface area contributed by atoms with E-state index < -0.39 is 29.6 Å². The number of hydrogen-bond donors (Lipinski definition) is 2. The van der Waals surface area contributed by atoms with Gasteiger partial charge >= 0.3 is 6.03 Å². The number of methoxy groups -OCH3 is 1. The quantitative estimate of drug-likeness (QED) is 0.629. The minimum absolute atomic E-state index is 0.327. The number of halogens is 1. The summed E-state index contributed by atoms with van der Waals surface area (Å²) >= 11 is 0. The molecule has 2 aromatic rings. The Morgan fingerprint density at radius 1 is 1.12 bits per heavy atom. The van der Waals surface area contributed by atoms with Crippen LogP contribution in [0.15, 0.2) is 48.5 Å². The highest BCUT2D eigenvalue weighted by atomic mass is 19.1. The van der Waals surface area contributed by atoms with Crippen molar-refractivity contribution in [2.45, 2.75) is 56.7 Å². The number of carbonyl (C=O) groups is 3. The molecule has 2 unspecified atom stereocenters.